The molecule has 0 aliphatic carbocycles. The van der Waals surface area contributed by atoms with Crippen LogP contribution < -0.4 is 5.32 Å². The van der Waals surface area contributed by atoms with Crippen molar-refractivity contribution in [1.29, 1.82) is 0 Å². The molecular weight excluding hydrogens is 200 g/mol. The zero-order valence-corrected chi connectivity index (χ0v) is 10.8. The smallest absolute Gasteiger partial charge is 0.246 e. The first-order valence-electron chi connectivity index (χ1n) is 6.11. The summed E-state index contributed by atoms with van der Waals surface area (Å²) in [6.45, 7) is 11.7. The van der Waals surface area contributed by atoms with Gasteiger partial charge in [0.2, 0.25) is 5.91 Å². The van der Waals surface area contributed by atoms with Crippen molar-refractivity contribution in [2.45, 2.75) is 51.6 Å². The lowest BCUT2D eigenvalue weighted by atomic mass is 10.0. The topological polar surface area (TPSA) is 32.3 Å². The molecule has 16 heavy (non-hydrogen) atoms. The number of amides is 1. The lowest BCUT2D eigenvalue weighted by Gasteiger charge is -2.30. The van der Waals surface area contributed by atoms with Crippen molar-refractivity contribution in [1.82, 2.24) is 10.2 Å². The van der Waals surface area contributed by atoms with Crippen LogP contribution in [-0.4, -0.2) is 35.5 Å². The van der Waals surface area contributed by atoms with Crippen molar-refractivity contribution in [2.24, 2.45) is 0 Å². The van der Waals surface area contributed by atoms with E-state index in [0.29, 0.717) is 6.04 Å². The van der Waals surface area contributed by atoms with Crippen LogP contribution in [0.5, 0.6) is 0 Å². The third kappa shape index (κ3) is 4.35. The molecular formula is C13H24N2O. The highest BCUT2D eigenvalue weighted by atomic mass is 16.2. The summed E-state index contributed by atoms with van der Waals surface area (Å²) in [5.41, 5.74) is 0.109. The lowest BCUT2D eigenvalue weighted by molar-refractivity contribution is -0.126. The molecule has 0 unspecified atom stereocenters. The Bertz CT molecular complexity index is 255. The first-order valence-corrected chi connectivity index (χ1v) is 6.11. The Kier molecular flexibility index (Phi) is 4.54. The molecule has 0 radical (unpaired) electrons. The SMILES string of the molecule is C=CC(=O)N1CCCC[C@H](NC(C)(C)C)C1. The van der Waals surface area contributed by atoms with E-state index in [1.54, 1.807) is 0 Å². The molecule has 1 amide bonds. The summed E-state index contributed by atoms with van der Waals surface area (Å²) < 4.78 is 0. The van der Waals surface area contributed by atoms with E-state index in [0.717, 1.165) is 25.9 Å². The molecule has 0 saturated carbocycles. The second kappa shape index (κ2) is 5.48. The van der Waals surface area contributed by atoms with E-state index in [4.69, 9.17) is 0 Å². The minimum absolute atomic E-state index is 0.0580. The number of nitrogens with one attached hydrogen (secondary N) is 1. The fraction of sp³-hybridized carbons (Fsp3) is 0.769. The quantitative estimate of drug-likeness (QED) is 0.727. The third-order valence-electron chi connectivity index (χ3n) is 2.79. The molecule has 3 nitrogen and oxygen atoms in total. The molecule has 1 N–H and O–H groups in total. The standard InChI is InChI=1S/C13H24N2O/c1-5-12(16)15-9-7-6-8-11(10-15)14-13(2,3)4/h5,11,14H,1,6-10H2,2-4H3/t11-/m0/s1. The minimum Gasteiger partial charge on any atom is -0.338 e. The van der Waals surface area contributed by atoms with Crippen molar-refractivity contribution < 1.29 is 4.79 Å². The second-order valence-electron chi connectivity index (χ2n) is 5.58. The lowest BCUT2D eigenvalue weighted by Crippen LogP contribution is -2.49. The largest absolute Gasteiger partial charge is 0.338 e. The fourth-order valence-electron chi connectivity index (χ4n) is 2.20. The van der Waals surface area contributed by atoms with Crippen molar-refractivity contribution in [3.8, 4) is 0 Å². The molecule has 92 valence electrons. The van der Waals surface area contributed by atoms with Crippen LogP contribution in [0.15, 0.2) is 12.7 Å². The van der Waals surface area contributed by atoms with Gasteiger partial charge in [-0.2, -0.15) is 0 Å². The highest BCUT2D eigenvalue weighted by Gasteiger charge is 2.23. The van der Waals surface area contributed by atoms with Gasteiger partial charge in [-0.1, -0.05) is 13.0 Å². The van der Waals surface area contributed by atoms with Gasteiger partial charge in [0.1, 0.15) is 0 Å². The van der Waals surface area contributed by atoms with Gasteiger partial charge < -0.3 is 10.2 Å². The molecule has 0 aromatic carbocycles. The molecule has 1 atom stereocenters. The molecule has 1 aliphatic heterocycles. The predicted octanol–water partition coefficient (Wildman–Crippen LogP) is 1.94. The third-order valence-corrected chi connectivity index (χ3v) is 2.79. The van der Waals surface area contributed by atoms with E-state index < -0.39 is 0 Å². The molecule has 0 bridgehead atoms. The predicted molar refractivity (Wildman–Crippen MR) is 67.3 cm³/mol. The van der Waals surface area contributed by atoms with E-state index in [1.165, 1.54) is 12.5 Å². The van der Waals surface area contributed by atoms with Crippen LogP contribution in [0.3, 0.4) is 0 Å². The van der Waals surface area contributed by atoms with Gasteiger partial charge in [-0.3, -0.25) is 4.79 Å². The molecule has 1 saturated heterocycles. The van der Waals surface area contributed by atoms with Crippen LogP contribution in [-0.2, 0) is 4.79 Å². The van der Waals surface area contributed by atoms with Gasteiger partial charge in [-0.05, 0) is 39.7 Å². The van der Waals surface area contributed by atoms with Crippen LogP contribution in [0.25, 0.3) is 0 Å². The molecule has 1 aliphatic rings. The number of carbonyl (C=O) groups is 1. The summed E-state index contributed by atoms with van der Waals surface area (Å²) in [7, 11) is 0. The summed E-state index contributed by atoms with van der Waals surface area (Å²) in [5, 5.41) is 3.58. The summed E-state index contributed by atoms with van der Waals surface area (Å²) >= 11 is 0. The first-order chi connectivity index (χ1) is 7.42. The Labute approximate surface area is 98.9 Å². The van der Waals surface area contributed by atoms with Crippen LogP contribution >= 0.6 is 0 Å². The summed E-state index contributed by atoms with van der Waals surface area (Å²) in [4.78, 5) is 13.5. The van der Waals surface area contributed by atoms with Crippen LogP contribution in [0.2, 0.25) is 0 Å². The molecule has 0 aromatic rings. The Morgan fingerprint density at radius 2 is 2.12 bits per heavy atom. The second-order valence-corrected chi connectivity index (χ2v) is 5.58. The van der Waals surface area contributed by atoms with Crippen molar-refractivity contribution >= 4 is 5.91 Å². The Hall–Kier alpha value is -0.830. The Balaban J connectivity index is 2.58. The molecule has 1 rings (SSSR count). The first kappa shape index (κ1) is 13.2. The number of likely N-dealkylation sites (tertiary alicyclic amines) is 1. The van der Waals surface area contributed by atoms with Crippen molar-refractivity contribution in [2.75, 3.05) is 13.1 Å². The van der Waals surface area contributed by atoms with E-state index in [1.807, 2.05) is 4.90 Å². The normalized spacial score (nSPS) is 22.7. The summed E-state index contributed by atoms with van der Waals surface area (Å²) in [6, 6.07) is 0.409. The highest BCUT2D eigenvalue weighted by molar-refractivity contribution is 5.87. The van der Waals surface area contributed by atoms with Gasteiger partial charge in [0.25, 0.3) is 0 Å². The maximum atomic E-state index is 11.6. The number of hydrogen-bond donors (Lipinski definition) is 1. The highest BCUT2D eigenvalue weighted by Crippen LogP contribution is 2.14. The van der Waals surface area contributed by atoms with E-state index >= 15 is 0 Å². The number of rotatable bonds is 2. The average Bonchev–Trinajstić information content (AvgIpc) is 2.39. The Morgan fingerprint density at radius 1 is 1.44 bits per heavy atom. The maximum Gasteiger partial charge on any atom is 0.246 e. The summed E-state index contributed by atoms with van der Waals surface area (Å²) in [6.07, 6.45) is 4.86. The van der Waals surface area contributed by atoms with Gasteiger partial charge in [0.15, 0.2) is 0 Å². The van der Waals surface area contributed by atoms with Gasteiger partial charge in [-0.15, -0.1) is 0 Å². The van der Waals surface area contributed by atoms with E-state index in [9.17, 15) is 4.79 Å². The average molecular weight is 224 g/mol. The van der Waals surface area contributed by atoms with Crippen LogP contribution in [0.4, 0.5) is 0 Å². The number of hydrogen-bond acceptors (Lipinski definition) is 2. The van der Waals surface area contributed by atoms with Gasteiger partial charge in [0, 0.05) is 24.7 Å². The Morgan fingerprint density at radius 3 is 2.69 bits per heavy atom. The minimum atomic E-state index is 0.0580. The molecule has 3 heteroatoms. The fourth-order valence-corrected chi connectivity index (χ4v) is 2.20. The molecule has 1 fully saturated rings. The van der Waals surface area contributed by atoms with Crippen LogP contribution in [0, 0.1) is 0 Å². The zero-order valence-electron chi connectivity index (χ0n) is 10.8. The van der Waals surface area contributed by atoms with Gasteiger partial charge in [-0.25, -0.2) is 0 Å². The monoisotopic (exact) mass is 224 g/mol. The molecule has 0 aromatic heterocycles. The maximum absolute atomic E-state index is 11.6. The van der Waals surface area contributed by atoms with Gasteiger partial charge in [0.05, 0.1) is 0 Å². The van der Waals surface area contributed by atoms with Crippen LogP contribution in [0.1, 0.15) is 40.0 Å². The molecule has 1 heterocycles. The van der Waals surface area contributed by atoms with Gasteiger partial charge >= 0.3 is 0 Å². The number of nitrogens with zero attached hydrogens (tertiary/aromatic N) is 1. The number of carbonyl (C=O) groups excluding carboxylic acids is 1. The van der Waals surface area contributed by atoms with Crippen molar-refractivity contribution in [3.05, 3.63) is 12.7 Å². The van der Waals surface area contributed by atoms with Crippen molar-refractivity contribution in [3.63, 3.8) is 0 Å². The molecule has 0 spiro atoms. The zero-order chi connectivity index (χ0) is 12.2. The van der Waals surface area contributed by atoms with E-state index in [-0.39, 0.29) is 11.4 Å². The summed E-state index contributed by atoms with van der Waals surface area (Å²) in [5.74, 6) is 0.0580. The van der Waals surface area contributed by atoms with E-state index in [2.05, 4.69) is 32.7 Å².